The van der Waals surface area contributed by atoms with Crippen molar-refractivity contribution in [1.82, 2.24) is 19.8 Å². The summed E-state index contributed by atoms with van der Waals surface area (Å²) in [5, 5.41) is 18.8. The van der Waals surface area contributed by atoms with Crippen LogP contribution in [0.3, 0.4) is 0 Å². The van der Waals surface area contributed by atoms with Gasteiger partial charge in [0.1, 0.15) is 6.54 Å². The van der Waals surface area contributed by atoms with E-state index in [1.54, 1.807) is 0 Å². The standard InChI is InChI=1S/C27H42N4O3/c1-26(34)13-11-19-17(15-26)7-8-21-20(19)12-14-27(2)22(21)9-10-23(27)24(32)16-30-25(33)31(29-28-30)18-5-3-4-6-18/h17-23,34H,3-16H2,1-2H3/t17-,19+,20-,21-,22+,23-,26-,27+/m1/s1. The molecule has 5 aliphatic rings. The Hall–Kier alpha value is -1.50. The van der Waals surface area contributed by atoms with Crippen LogP contribution in [0.25, 0.3) is 0 Å². The molecule has 0 aromatic carbocycles. The van der Waals surface area contributed by atoms with Crippen LogP contribution in [0.2, 0.25) is 0 Å². The van der Waals surface area contributed by atoms with Gasteiger partial charge in [0.25, 0.3) is 0 Å². The summed E-state index contributed by atoms with van der Waals surface area (Å²) in [5.41, 5.74) is -0.633. The largest absolute Gasteiger partial charge is 0.390 e. The molecule has 8 atom stereocenters. The topological polar surface area (TPSA) is 90.0 Å². The van der Waals surface area contributed by atoms with E-state index in [1.807, 2.05) is 6.92 Å². The minimum absolute atomic E-state index is 0.0341. The van der Waals surface area contributed by atoms with E-state index in [9.17, 15) is 14.7 Å². The highest BCUT2D eigenvalue weighted by Gasteiger charge is 2.58. The number of tetrazole rings is 1. The first kappa shape index (κ1) is 22.9. The highest BCUT2D eigenvalue weighted by Crippen LogP contribution is 2.64. The first-order valence-electron chi connectivity index (χ1n) is 14.0. The third-order valence-electron chi connectivity index (χ3n) is 11.3. The number of rotatable bonds is 4. The third kappa shape index (κ3) is 3.63. The maximum atomic E-state index is 13.6. The van der Waals surface area contributed by atoms with E-state index >= 15 is 0 Å². The number of aliphatic hydroxyl groups is 1. The molecule has 5 saturated carbocycles. The second-order valence-electron chi connectivity index (χ2n) is 13.1. The fourth-order valence-electron chi connectivity index (χ4n) is 9.63. The van der Waals surface area contributed by atoms with E-state index in [0.29, 0.717) is 11.8 Å². The Labute approximate surface area is 202 Å². The van der Waals surface area contributed by atoms with Crippen LogP contribution < -0.4 is 5.69 Å². The molecule has 34 heavy (non-hydrogen) atoms. The number of carbonyl (C=O) groups excluding carboxylic acids is 1. The number of Topliss-reactive ketones (excluding diaryl/α,β-unsaturated/α-hetero) is 1. The van der Waals surface area contributed by atoms with Gasteiger partial charge in [-0.25, -0.2) is 4.79 Å². The van der Waals surface area contributed by atoms with Crippen molar-refractivity contribution in [3.05, 3.63) is 10.5 Å². The minimum Gasteiger partial charge on any atom is -0.390 e. The van der Waals surface area contributed by atoms with Gasteiger partial charge in [-0.1, -0.05) is 19.8 Å². The molecule has 7 heteroatoms. The molecule has 0 amide bonds. The molecule has 1 heterocycles. The van der Waals surface area contributed by atoms with Gasteiger partial charge in [0.05, 0.1) is 11.6 Å². The lowest BCUT2D eigenvalue weighted by atomic mass is 9.49. The zero-order valence-corrected chi connectivity index (χ0v) is 21.0. The molecule has 6 rings (SSSR count). The van der Waals surface area contributed by atoms with Crippen LogP contribution in [0.5, 0.6) is 0 Å². The highest BCUT2D eigenvalue weighted by atomic mass is 16.3. The average molecular weight is 471 g/mol. The summed E-state index contributed by atoms with van der Waals surface area (Å²) in [5.74, 6) is 3.79. The Morgan fingerprint density at radius 1 is 0.941 bits per heavy atom. The fraction of sp³-hybridized carbons (Fsp3) is 0.926. The maximum absolute atomic E-state index is 13.6. The zero-order chi connectivity index (χ0) is 23.7. The predicted octanol–water partition coefficient (Wildman–Crippen LogP) is 4.14. The fourth-order valence-corrected chi connectivity index (χ4v) is 9.63. The Kier molecular flexibility index (Phi) is 5.58. The first-order chi connectivity index (χ1) is 16.3. The Morgan fingerprint density at radius 3 is 2.50 bits per heavy atom. The van der Waals surface area contributed by atoms with Gasteiger partial charge < -0.3 is 5.11 Å². The summed E-state index contributed by atoms with van der Waals surface area (Å²) in [6.45, 7) is 4.48. The normalized spacial score (nSPS) is 44.4. The van der Waals surface area contributed by atoms with E-state index in [2.05, 4.69) is 17.4 Å². The van der Waals surface area contributed by atoms with Gasteiger partial charge in [0.15, 0.2) is 5.78 Å². The predicted molar refractivity (Wildman–Crippen MR) is 128 cm³/mol. The average Bonchev–Trinajstić information content (AvgIpc) is 3.52. The van der Waals surface area contributed by atoms with Crippen LogP contribution in [-0.4, -0.2) is 36.3 Å². The Bertz CT molecular complexity index is 992. The van der Waals surface area contributed by atoms with Crippen LogP contribution in [0, 0.1) is 40.9 Å². The smallest absolute Gasteiger partial charge is 0.364 e. The molecule has 5 aliphatic carbocycles. The third-order valence-corrected chi connectivity index (χ3v) is 11.3. The molecule has 0 aliphatic heterocycles. The van der Waals surface area contributed by atoms with Gasteiger partial charge >= 0.3 is 5.69 Å². The second-order valence-corrected chi connectivity index (χ2v) is 13.1. The molecule has 0 spiro atoms. The van der Waals surface area contributed by atoms with Gasteiger partial charge in [-0.15, -0.1) is 0 Å². The summed E-state index contributed by atoms with van der Waals surface area (Å²) in [7, 11) is 0. The number of nitrogens with zero attached hydrogens (tertiary/aromatic N) is 4. The van der Waals surface area contributed by atoms with Crippen molar-refractivity contribution in [3.63, 3.8) is 0 Å². The first-order valence-corrected chi connectivity index (χ1v) is 14.0. The van der Waals surface area contributed by atoms with Crippen molar-refractivity contribution < 1.29 is 9.90 Å². The van der Waals surface area contributed by atoms with Gasteiger partial charge in [0.2, 0.25) is 0 Å². The molecule has 1 aromatic heterocycles. The molecule has 5 fully saturated rings. The Balaban J connectivity index is 1.16. The number of fused-ring (bicyclic) bond motifs is 5. The number of carbonyl (C=O) groups is 1. The SMILES string of the molecule is C[C@@]1(O)CC[C@H]2[C@H](CC[C@@H]3[C@@H]2CC[C@]2(C)[C@@H](C(=O)Cn4nnn(C5CCCC5)c4=O)CC[C@@H]32)C1. The molecule has 7 nitrogen and oxygen atoms in total. The van der Waals surface area contributed by atoms with E-state index in [1.165, 1.54) is 35.0 Å². The van der Waals surface area contributed by atoms with Crippen molar-refractivity contribution in [2.24, 2.45) is 40.9 Å². The van der Waals surface area contributed by atoms with E-state index in [0.717, 1.165) is 75.5 Å². The number of ketones is 1. The summed E-state index contributed by atoms with van der Waals surface area (Å²) < 4.78 is 2.84. The lowest BCUT2D eigenvalue weighted by Crippen LogP contribution is -2.51. The van der Waals surface area contributed by atoms with Gasteiger partial charge in [0, 0.05) is 5.92 Å². The molecule has 0 bridgehead atoms. The number of aromatic nitrogens is 4. The molecule has 0 saturated heterocycles. The monoisotopic (exact) mass is 470 g/mol. The maximum Gasteiger partial charge on any atom is 0.364 e. The van der Waals surface area contributed by atoms with Gasteiger partial charge in [-0.05, 0) is 123 Å². The molecule has 188 valence electrons. The summed E-state index contributed by atoms with van der Waals surface area (Å²) in [6.07, 6.45) is 14.3. The lowest BCUT2D eigenvalue weighted by molar-refractivity contribution is -0.133. The van der Waals surface area contributed by atoms with Crippen molar-refractivity contribution in [1.29, 1.82) is 0 Å². The number of hydrogen-bond donors (Lipinski definition) is 1. The van der Waals surface area contributed by atoms with E-state index in [-0.39, 0.29) is 35.4 Å². The summed E-state index contributed by atoms with van der Waals surface area (Å²) >= 11 is 0. The number of hydrogen-bond acceptors (Lipinski definition) is 5. The van der Waals surface area contributed by atoms with Crippen LogP contribution in [-0.2, 0) is 11.3 Å². The van der Waals surface area contributed by atoms with Gasteiger partial charge in [-0.3, -0.25) is 4.79 Å². The molecule has 0 radical (unpaired) electrons. The van der Waals surface area contributed by atoms with Crippen LogP contribution in [0.1, 0.15) is 103 Å². The molecule has 1 aromatic rings. The van der Waals surface area contributed by atoms with Crippen LogP contribution in [0.4, 0.5) is 0 Å². The van der Waals surface area contributed by atoms with E-state index < -0.39 is 5.60 Å². The van der Waals surface area contributed by atoms with E-state index in [4.69, 9.17) is 0 Å². The van der Waals surface area contributed by atoms with Crippen LogP contribution >= 0.6 is 0 Å². The lowest BCUT2D eigenvalue weighted by Gasteiger charge is -2.56. The zero-order valence-electron chi connectivity index (χ0n) is 21.0. The molecule has 1 N–H and O–H groups in total. The summed E-state index contributed by atoms with van der Waals surface area (Å²) in [4.78, 5) is 26.4. The molecule has 0 unspecified atom stereocenters. The van der Waals surface area contributed by atoms with Crippen molar-refractivity contribution in [2.45, 2.75) is 116 Å². The Morgan fingerprint density at radius 2 is 1.71 bits per heavy atom. The van der Waals surface area contributed by atoms with Crippen molar-refractivity contribution in [2.75, 3.05) is 0 Å². The van der Waals surface area contributed by atoms with Gasteiger partial charge in [-0.2, -0.15) is 9.36 Å². The van der Waals surface area contributed by atoms with Crippen molar-refractivity contribution >= 4 is 5.78 Å². The minimum atomic E-state index is -0.472. The second kappa shape index (κ2) is 8.28. The summed E-state index contributed by atoms with van der Waals surface area (Å²) in [6, 6.07) is 0.152. The quantitative estimate of drug-likeness (QED) is 0.714. The molecular formula is C27H42N4O3. The highest BCUT2D eigenvalue weighted by molar-refractivity contribution is 5.82. The van der Waals surface area contributed by atoms with Crippen LogP contribution in [0.15, 0.2) is 4.79 Å². The van der Waals surface area contributed by atoms with Crippen molar-refractivity contribution in [3.8, 4) is 0 Å². The molecular weight excluding hydrogens is 428 g/mol.